The number of fused-ring (bicyclic) bond motifs is 6. The molecule has 4 fully saturated rings. The standard InChI is InChI=1S/C96H127N17O17/c1-62-14-9-8-10-15-63(2)83(123-7)51-76-16-13-18-82(128-76)87(118)92(120)112-32-12-11-17-78(112)93(121)129-77(50-79(114)65(4)47-66(5)81(116)52-80(115)64(3)46-62)26-22-67-20-24-75(25-21-67)130-96(122)108(6)58-69-53-101-94(102-54-69)109-34-36-110(37-35-109)95-103-56-74(57-104-95)91(119)99-31-39-125-41-43-127-45-44-126-42-40-124-38-29-84(117)111-33-28-70-48-68(19-23-72(70)60-111)59-113-90-85(88(97)105-61-106-90)86(107-113)73-49-71-27-30-98-89(71)100-55-73/h8-10,14-15,19,23,27,30,47-49,53-57,61-62,64-65,67,75-78,81-83,116H,11-13,16-18,20-22,24-26,28-29,31-46,50-52,58-60H2,1-7H3,(H,98,100)(H,99,119)(H2,97,105,106)/b10-8?,14-9+,63-15?,66-47+/t62-,64-,65-,67?,75?,76?,77-,78+,81+,82?,83+/m1/s1. The molecule has 6 aliphatic rings. The summed E-state index contributed by atoms with van der Waals surface area (Å²) < 4.78 is 49.2. The van der Waals surface area contributed by atoms with Crippen LogP contribution in [0.25, 0.3) is 33.3 Å². The van der Waals surface area contributed by atoms with Crippen LogP contribution in [-0.2, 0) is 92.7 Å². The minimum absolute atomic E-state index is 0.0425. The zero-order valence-corrected chi connectivity index (χ0v) is 76.0. The molecule has 13 rings (SSSR count). The third-order valence-corrected chi connectivity index (χ3v) is 25.5. The van der Waals surface area contributed by atoms with Crippen molar-refractivity contribution >= 4 is 86.9 Å². The van der Waals surface area contributed by atoms with Crippen LogP contribution in [0.15, 0.2) is 121 Å². The number of esters is 1. The van der Waals surface area contributed by atoms with Crippen LogP contribution in [0, 0.1) is 23.7 Å². The van der Waals surface area contributed by atoms with Gasteiger partial charge < -0.3 is 83.5 Å². The number of hydrogen-bond donors (Lipinski definition) is 4. The van der Waals surface area contributed by atoms with Crippen molar-refractivity contribution in [3.8, 4) is 11.3 Å². The minimum Gasteiger partial charge on any atom is -0.460 e. The summed E-state index contributed by atoms with van der Waals surface area (Å²) in [6.07, 6.45) is 27.4. The number of pyridine rings is 1. The molecular formula is C96H127N17O17. The second-order valence-corrected chi connectivity index (χ2v) is 35.2. The molecule has 34 nitrogen and oxygen atoms in total. The smallest absolute Gasteiger partial charge is 0.410 e. The van der Waals surface area contributed by atoms with Crippen molar-refractivity contribution in [2.24, 2.45) is 23.7 Å². The number of ketones is 3. The number of benzene rings is 1. The monoisotopic (exact) mass is 1790 g/mol. The number of nitrogens with zero attached hydrogens (tertiary/aromatic N) is 14. The van der Waals surface area contributed by atoms with Crippen LogP contribution in [0.5, 0.6) is 0 Å². The van der Waals surface area contributed by atoms with Gasteiger partial charge in [0.25, 0.3) is 11.8 Å². The number of rotatable bonds is 28. The topological polar surface area (TPSA) is 409 Å². The first-order chi connectivity index (χ1) is 63.0. The molecule has 2 unspecified atom stereocenters. The predicted molar refractivity (Wildman–Crippen MR) is 486 cm³/mol. The molecule has 0 spiro atoms. The van der Waals surface area contributed by atoms with E-state index in [1.807, 2.05) is 84.0 Å². The number of carbonyl (C=O) groups is 8. The number of aromatic amines is 1. The normalized spacial score (nSPS) is 24.1. The number of anilines is 3. The molecule has 34 heteroatoms. The van der Waals surface area contributed by atoms with Crippen LogP contribution in [0.4, 0.5) is 22.5 Å². The van der Waals surface area contributed by atoms with Crippen molar-refractivity contribution in [2.75, 3.05) is 128 Å². The molecule has 9 atom stereocenters. The molecule has 1 aliphatic carbocycles. The lowest BCUT2D eigenvalue weighted by atomic mass is 9.83. The van der Waals surface area contributed by atoms with E-state index in [-0.39, 0.29) is 105 Å². The maximum absolute atomic E-state index is 14.5. The van der Waals surface area contributed by atoms with Gasteiger partial charge >= 0.3 is 12.1 Å². The number of hydrogen-bond acceptors (Lipinski definition) is 28. The Morgan fingerprint density at radius 1 is 0.700 bits per heavy atom. The van der Waals surface area contributed by atoms with Gasteiger partial charge in [0.1, 0.15) is 59.4 Å². The minimum atomic E-state index is -1.09. The Bertz CT molecular complexity index is 5120. The number of piperidine rings is 1. The molecule has 7 aromatic rings. The SMILES string of the molecule is CO[C@H]1CC2CCCC(O2)C(=O)C(=O)N2CCCC[C@H]2C(=O)O[C@H](CCC2CCC(OC(=O)N(C)Cc3cnc(N4CCN(c5ncc(C(=O)NCCOCCOCCOCCOCCC(=O)N6CCc7cc(Cn8nc(-c9cnc%10[nH]ccc%10c9)c9c(N)ncnc98)ccc7C6)cn5)CC4)nc3)CC2)CC(=O)[C@H](C)/C=C(\C)[C@@H](O)CC(=O)[C@H](C)C[C@H](C)/C=C/C=CC=C1C. The van der Waals surface area contributed by atoms with Gasteiger partial charge in [0.2, 0.25) is 23.6 Å². The molecular weight excluding hydrogens is 1660 g/mol. The molecule has 1 saturated carbocycles. The Hall–Kier alpha value is -11.1. The molecule has 11 heterocycles. The Morgan fingerprint density at radius 2 is 1.42 bits per heavy atom. The quantitative estimate of drug-likeness (QED) is 0.0153. The molecule has 4 amide bonds. The number of amides is 4. The van der Waals surface area contributed by atoms with Gasteiger partial charge in [-0.3, -0.25) is 28.8 Å². The highest BCUT2D eigenvalue weighted by Gasteiger charge is 2.42. The zero-order valence-electron chi connectivity index (χ0n) is 76.0. The molecule has 6 aromatic heterocycles. The van der Waals surface area contributed by atoms with Crippen LogP contribution in [0.1, 0.15) is 176 Å². The van der Waals surface area contributed by atoms with E-state index in [2.05, 4.69) is 68.3 Å². The van der Waals surface area contributed by atoms with Gasteiger partial charge in [-0.2, -0.15) is 5.10 Å². The van der Waals surface area contributed by atoms with Crippen molar-refractivity contribution in [1.82, 2.24) is 69.7 Å². The Labute approximate surface area is 759 Å². The van der Waals surface area contributed by atoms with Gasteiger partial charge in [0.15, 0.2) is 5.65 Å². The van der Waals surface area contributed by atoms with Gasteiger partial charge in [0, 0.05) is 151 Å². The van der Waals surface area contributed by atoms with E-state index >= 15 is 0 Å². The molecule has 1 aromatic carbocycles. The van der Waals surface area contributed by atoms with E-state index in [1.165, 1.54) is 34.1 Å². The number of nitrogen functional groups attached to an aromatic ring is 1. The second-order valence-electron chi connectivity index (χ2n) is 35.2. The molecule has 698 valence electrons. The summed E-state index contributed by atoms with van der Waals surface area (Å²) in [7, 11) is 3.30. The molecule has 2 bridgehead atoms. The Balaban J connectivity index is 0.473. The van der Waals surface area contributed by atoms with Crippen molar-refractivity contribution in [3.05, 3.63) is 149 Å². The van der Waals surface area contributed by atoms with Crippen LogP contribution in [-0.4, -0.2) is 272 Å². The number of aliphatic hydroxyl groups excluding tert-OH is 1. The summed E-state index contributed by atoms with van der Waals surface area (Å²) in [5.41, 5.74) is 15.2. The van der Waals surface area contributed by atoms with E-state index in [9.17, 15) is 43.5 Å². The van der Waals surface area contributed by atoms with Crippen molar-refractivity contribution in [3.63, 3.8) is 0 Å². The average molecular weight is 1790 g/mol. The largest absolute Gasteiger partial charge is 0.460 e. The number of ether oxygens (including phenoxy) is 8. The Morgan fingerprint density at radius 3 is 2.15 bits per heavy atom. The highest BCUT2D eigenvalue weighted by Crippen LogP contribution is 2.36. The maximum Gasteiger partial charge on any atom is 0.410 e. The number of carbonyl (C=O) groups excluding carboxylic acids is 8. The lowest BCUT2D eigenvalue weighted by Gasteiger charge is -2.36. The maximum atomic E-state index is 14.5. The fourth-order valence-corrected chi connectivity index (χ4v) is 17.8. The van der Waals surface area contributed by atoms with E-state index in [0.717, 1.165) is 58.1 Å². The van der Waals surface area contributed by atoms with Crippen molar-refractivity contribution < 1.29 is 81.4 Å². The summed E-state index contributed by atoms with van der Waals surface area (Å²) in [6, 6.07) is 9.30. The van der Waals surface area contributed by atoms with Gasteiger partial charge in [-0.05, 0) is 156 Å². The van der Waals surface area contributed by atoms with E-state index in [4.69, 9.17) is 48.7 Å². The number of cyclic esters (lactones) is 1. The van der Waals surface area contributed by atoms with Crippen molar-refractivity contribution in [1.29, 1.82) is 0 Å². The number of methoxy groups -OCH3 is 1. The van der Waals surface area contributed by atoms with Gasteiger partial charge in [-0.25, -0.2) is 49.2 Å². The van der Waals surface area contributed by atoms with E-state index in [0.29, 0.717) is 215 Å². The van der Waals surface area contributed by atoms with E-state index < -0.39 is 54.0 Å². The Kier molecular flexibility index (Phi) is 35.3. The third kappa shape index (κ3) is 26.8. The number of H-pyrrole nitrogens is 1. The highest BCUT2D eigenvalue weighted by atomic mass is 16.6. The number of aliphatic hydroxyl groups is 1. The first-order valence-electron chi connectivity index (χ1n) is 46.1. The first-order valence-corrected chi connectivity index (χ1v) is 46.1. The van der Waals surface area contributed by atoms with Crippen LogP contribution in [0.2, 0.25) is 0 Å². The van der Waals surface area contributed by atoms with E-state index in [1.54, 1.807) is 52.7 Å². The molecule has 5 N–H and O–H groups in total. The zero-order chi connectivity index (χ0) is 91.6. The first kappa shape index (κ1) is 96.4. The number of Topliss-reactive ketones (excluding diaryl/α,β-unsaturated/α-hetero) is 3. The van der Waals surface area contributed by atoms with Crippen LogP contribution < -0.4 is 20.9 Å². The summed E-state index contributed by atoms with van der Waals surface area (Å²) >= 11 is 0. The molecule has 130 heavy (non-hydrogen) atoms. The van der Waals surface area contributed by atoms with Gasteiger partial charge in [-0.1, -0.05) is 75.4 Å². The summed E-state index contributed by atoms with van der Waals surface area (Å²) in [5, 5.41) is 20.7. The van der Waals surface area contributed by atoms with Gasteiger partial charge in [0.05, 0.1) is 102 Å². The third-order valence-electron chi connectivity index (χ3n) is 25.5. The van der Waals surface area contributed by atoms with Crippen molar-refractivity contribution in [2.45, 2.75) is 212 Å². The van der Waals surface area contributed by atoms with Gasteiger partial charge in [-0.15, -0.1) is 0 Å². The highest BCUT2D eigenvalue weighted by molar-refractivity contribution is 6.38. The fourth-order valence-electron chi connectivity index (χ4n) is 17.8. The lowest BCUT2D eigenvalue weighted by molar-refractivity contribution is -0.167. The average Bonchev–Trinajstić information content (AvgIpc) is 1.61. The fraction of sp³-hybridized carbons (Fsp3) is 0.562. The molecule has 0 radical (unpaired) electrons. The number of aromatic nitrogens is 10. The summed E-state index contributed by atoms with van der Waals surface area (Å²) in [5.74, 6) is -2.08. The molecule has 5 aliphatic heterocycles. The lowest BCUT2D eigenvalue weighted by Crippen LogP contribution is -2.54. The summed E-state index contributed by atoms with van der Waals surface area (Å²) in [6.45, 7) is 16.7. The predicted octanol–water partition coefficient (Wildman–Crippen LogP) is 10.4. The number of nitrogens with two attached hydrogens (primary N) is 1. The number of allylic oxidation sites excluding steroid dienone is 6. The number of piperazine rings is 1. The summed E-state index contributed by atoms with van der Waals surface area (Å²) in [4.78, 5) is 154. The molecule has 3 saturated heterocycles. The number of nitrogens with one attached hydrogen (secondary N) is 2. The second kappa shape index (κ2) is 47.6. The van der Waals surface area contributed by atoms with Crippen LogP contribution >= 0.6 is 0 Å². The van der Waals surface area contributed by atoms with Crippen LogP contribution in [0.3, 0.4) is 0 Å².